The lowest BCUT2D eigenvalue weighted by atomic mass is 9.83. The van der Waals surface area contributed by atoms with Gasteiger partial charge in [0.2, 0.25) is 9.84 Å². The minimum absolute atomic E-state index is 0.0877. The molecular weight excluding hydrogens is 272 g/mol. The van der Waals surface area contributed by atoms with Crippen LogP contribution in [0.2, 0.25) is 0 Å². The SMILES string of the molecule is C[C@@H]1[C@H](C)[C@@H](O)CC=C(S(=O)(=O)c2ccccc2)[C@@H]1C. The number of sulfone groups is 1. The second-order valence-corrected chi connectivity index (χ2v) is 7.68. The van der Waals surface area contributed by atoms with E-state index in [2.05, 4.69) is 0 Å². The Bertz CT molecular complexity index is 589. The van der Waals surface area contributed by atoms with Gasteiger partial charge in [-0.15, -0.1) is 0 Å². The van der Waals surface area contributed by atoms with Crippen molar-refractivity contribution in [3.05, 3.63) is 41.3 Å². The maximum Gasteiger partial charge on any atom is 0.202 e. The van der Waals surface area contributed by atoms with Crippen molar-refractivity contribution in [1.29, 1.82) is 0 Å². The number of allylic oxidation sites excluding steroid dienone is 1. The van der Waals surface area contributed by atoms with E-state index in [0.717, 1.165) is 0 Å². The first-order chi connectivity index (χ1) is 9.35. The summed E-state index contributed by atoms with van der Waals surface area (Å²) in [5, 5.41) is 10.1. The largest absolute Gasteiger partial charge is 0.393 e. The van der Waals surface area contributed by atoms with Crippen LogP contribution in [0.5, 0.6) is 0 Å². The van der Waals surface area contributed by atoms with E-state index in [-0.39, 0.29) is 17.8 Å². The van der Waals surface area contributed by atoms with E-state index in [4.69, 9.17) is 0 Å². The molecule has 4 heteroatoms. The Morgan fingerprint density at radius 1 is 1.05 bits per heavy atom. The highest BCUT2D eigenvalue weighted by Crippen LogP contribution is 2.37. The van der Waals surface area contributed by atoms with Gasteiger partial charge in [0.1, 0.15) is 0 Å². The van der Waals surface area contributed by atoms with Crippen molar-refractivity contribution < 1.29 is 13.5 Å². The number of hydrogen-bond acceptors (Lipinski definition) is 3. The van der Waals surface area contributed by atoms with Crippen LogP contribution < -0.4 is 0 Å². The average molecular weight is 294 g/mol. The Morgan fingerprint density at radius 2 is 1.65 bits per heavy atom. The number of aliphatic hydroxyl groups is 1. The number of rotatable bonds is 2. The van der Waals surface area contributed by atoms with Crippen LogP contribution in [-0.2, 0) is 9.84 Å². The normalized spacial score (nSPS) is 31.5. The predicted octanol–water partition coefficient (Wildman–Crippen LogP) is 3.02. The van der Waals surface area contributed by atoms with Gasteiger partial charge in [0.25, 0.3) is 0 Å². The Hall–Kier alpha value is -1.13. The van der Waals surface area contributed by atoms with Crippen LogP contribution in [0.25, 0.3) is 0 Å². The van der Waals surface area contributed by atoms with E-state index in [1.807, 2.05) is 20.8 Å². The van der Waals surface area contributed by atoms with Gasteiger partial charge in [-0.1, -0.05) is 45.0 Å². The quantitative estimate of drug-likeness (QED) is 0.912. The van der Waals surface area contributed by atoms with Crippen LogP contribution in [-0.4, -0.2) is 19.6 Å². The van der Waals surface area contributed by atoms with Gasteiger partial charge < -0.3 is 5.11 Å². The van der Waals surface area contributed by atoms with E-state index in [0.29, 0.717) is 16.2 Å². The average Bonchev–Trinajstić information content (AvgIpc) is 2.54. The molecule has 0 aliphatic heterocycles. The molecule has 1 N–H and O–H groups in total. The fourth-order valence-electron chi connectivity index (χ4n) is 2.79. The molecule has 0 aromatic heterocycles. The highest BCUT2D eigenvalue weighted by atomic mass is 32.2. The molecular formula is C16H22O3S. The molecule has 0 heterocycles. The zero-order chi connectivity index (χ0) is 14.9. The molecule has 0 fully saturated rings. The highest BCUT2D eigenvalue weighted by molar-refractivity contribution is 7.95. The first-order valence-electron chi connectivity index (χ1n) is 7.04. The monoisotopic (exact) mass is 294 g/mol. The van der Waals surface area contributed by atoms with E-state index < -0.39 is 15.9 Å². The zero-order valence-corrected chi connectivity index (χ0v) is 13.0. The molecule has 2 rings (SSSR count). The van der Waals surface area contributed by atoms with Crippen LogP contribution in [0.4, 0.5) is 0 Å². The van der Waals surface area contributed by atoms with Crippen molar-refractivity contribution in [3.8, 4) is 0 Å². The summed E-state index contributed by atoms with van der Waals surface area (Å²) in [5.74, 6) is 0.120. The molecule has 0 bridgehead atoms. The van der Waals surface area contributed by atoms with E-state index in [1.165, 1.54) is 0 Å². The van der Waals surface area contributed by atoms with Crippen molar-refractivity contribution in [2.24, 2.45) is 17.8 Å². The molecule has 0 spiro atoms. The molecule has 0 radical (unpaired) electrons. The molecule has 4 atom stereocenters. The highest BCUT2D eigenvalue weighted by Gasteiger charge is 2.35. The third-order valence-corrected chi connectivity index (χ3v) is 6.65. The number of benzene rings is 1. The van der Waals surface area contributed by atoms with Crippen LogP contribution in [0.1, 0.15) is 27.2 Å². The molecule has 0 amide bonds. The van der Waals surface area contributed by atoms with E-state index >= 15 is 0 Å². The Labute approximate surface area is 121 Å². The summed E-state index contributed by atoms with van der Waals surface area (Å²) in [6, 6.07) is 8.51. The van der Waals surface area contributed by atoms with Crippen LogP contribution in [0.15, 0.2) is 46.2 Å². The Kier molecular flexibility index (Phi) is 4.35. The molecule has 0 saturated heterocycles. The third kappa shape index (κ3) is 2.67. The fourth-order valence-corrected chi connectivity index (χ4v) is 4.60. The molecule has 3 nitrogen and oxygen atoms in total. The lowest BCUT2D eigenvalue weighted by Gasteiger charge is -2.27. The van der Waals surface area contributed by atoms with Gasteiger partial charge >= 0.3 is 0 Å². The second-order valence-electron chi connectivity index (χ2n) is 5.73. The summed E-state index contributed by atoms with van der Waals surface area (Å²) >= 11 is 0. The minimum atomic E-state index is -3.46. The van der Waals surface area contributed by atoms with Gasteiger partial charge in [0.05, 0.1) is 11.0 Å². The maximum absolute atomic E-state index is 12.8. The van der Waals surface area contributed by atoms with Crippen molar-refractivity contribution in [1.82, 2.24) is 0 Å². The van der Waals surface area contributed by atoms with Crippen LogP contribution >= 0.6 is 0 Å². The van der Waals surface area contributed by atoms with Gasteiger partial charge in [-0.25, -0.2) is 8.42 Å². The summed E-state index contributed by atoms with van der Waals surface area (Å²) in [4.78, 5) is 0.772. The molecule has 0 unspecified atom stereocenters. The second kappa shape index (κ2) is 5.70. The van der Waals surface area contributed by atoms with Crippen LogP contribution in [0.3, 0.4) is 0 Å². The van der Waals surface area contributed by atoms with Gasteiger partial charge in [-0.05, 0) is 36.3 Å². The summed E-state index contributed by atoms with van der Waals surface area (Å²) in [6.07, 6.45) is 1.63. The van der Waals surface area contributed by atoms with Crippen molar-refractivity contribution in [3.63, 3.8) is 0 Å². The van der Waals surface area contributed by atoms with E-state index in [9.17, 15) is 13.5 Å². The molecule has 20 heavy (non-hydrogen) atoms. The lowest BCUT2D eigenvalue weighted by molar-refractivity contribution is 0.0839. The van der Waals surface area contributed by atoms with Gasteiger partial charge in [0, 0.05) is 4.91 Å². The van der Waals surface area contributed by atoms with Gasteiger partial charge in [-0.2, -0.15) is 0 Å². The standard InChI is InChI=1S/C16H22O3S/c1-11-12(2)15(17)9-10-16(13(11)3)20(18,19)14-7-5-4-6-8-14/h4-8,10-13,15,17H,9H2,1-3H3/t11-,12+,13-,15+/m1/s1. The zero-order valence-electron chi connectivity index (χ0n) is 12.2. The summed E-state index contributed by atoms with van der Waals surface area (Å²) in [7, 11) is -3.46. The Morgan fingerprint density at radius 3 is 2.25 bits per heavy atom. The molecule has 0 saturated carbocycles. The topological polar surface area (TPSA) is 54.4 Å². The molecule has 1 aliphatic carbocycles. The third-order valence-electron chi connectivity index (χ3n) is 4.60. The van der Waals surface area contributed by atoms with Crippen molar-refractivity contribution >= 4 is 9.84 Å². The number of aliphatic hydroxyl groups excluding tert-OH is 1. The predicted molar refractivity (Wildman–Crippen MR) is 79.8 cm³/mol. The summed E-state index contributed by atoms with van der Waals surface area (Å²) in [6.45, 7) is 5.93. The first-order valence-corrected chi connectivity index (χ1v) is 8.52. The smallest absolute Gasteiger partial charge is 0.202 e. The van der Waals surface area contributed by atoms with Crippen molar-refractivity contribution in [2.45, 2.75) is 38.2 Å². The molecule has 1 aliphatic rings. The van der Waals surface area contributed by atoms with Gasteiger partial charge in [0.15, 0.2) is 0 Å². The van der Waals surface area contributed by atoms with E-state index in [1.54, 1.807) is 36.4 Å². The lowest BCUT2D eigenvalue weighted by Crippen LogP contribution is -2.26. The maximum atomic E-state index is 12.8. The number of hydrogen-bond donors (Lipinski definition) is 1. The van der Waals surface area contributed by atoms with Crippen molar-refractivity contribution in [2.75, 3.05) is 0 Å². The molecule has 1 aromatic rings. The minimum Gasteiger partial charge on any atom is -0.393 e. The Balaban J connectivity index is 2.46. The van der Waals surface area contributed by atoms with Gasteiger partial charge in [-0.3, -0.25) is 0 Å². The van der Waals surface area contributed by atoms with Crippen LogP contribution in [0, 0.1) is 17.8 Å². The first kappa shape index (κ1) is 15.3. The molecule has 110 valence electrons. The summed E-state index contributed by atoms with van der Waals surface area (Å²) < 4.78 is 25.5. The fraction of sp³-hybridized carbons (Fsp3) is 0.500. The summed E-state index contributed by atoms with van der Waals surface area (Å²) in [5.41, 5.74) is 0. The molecule has 1 aromatic carbocycles.